The summed E-state index contributed by atoms with van der Waals surface area (Å²) in [5, 5.41) is 12.0. The van der Waals surface area contributed by atoms with E-state index in [0.717, 1.165) is 5.56 Å². The SMILES string of the molecule is COc1ccc(/C=N\n2c(-c3cccc(Cl)c3)n[nH]c2=S)c(OC)c1OC. The van der Waals surface area contributed by atoms with Crippen molar-refractivity contribution in [2.75, 3.05) is 21.3 Å². The summed E-state index contributed by atoms with van der Waals surface area (Å²) in [7, 11) is 4.66. The minimum Gasteiger partial charge on any atom is -0.493 e. The normalized spacial score (nSPS) is 11.0. The van der Waals surface area contributed by atoms with Gasteiger partial charge in [-0.05, 0) is 36.5 Å². The lowest BCUT2D eigenvalue weighted by Crippen LogP contribution is -2.00. The maximum Gasteiger partial charge on any atom is 0.216 e. The molecule has 1 N–H and O–H groups in total. The van der Waals surface area contributed by atoms with E-state index in [0.29, 0.717) is 38.4 Å². The second-order valence-corrected chi connectivity index (χ2v) is 6.17. The molecular weight excluding hydrogens is 388 g/mol. The molecule has 0 spiro atoms. The van der Waals surface area contributed by atoms with Gasteiger partial charge in [0, 0.05) is 16.1 Å². The highest BCUT2D eigenvalue weighted by Crippen LogP contribution is 2.39. The number of rotatable bonds is 6. The Morgan fingerprint density at radius 1 is 1.11 bits per heavy atom. The predicted octanol–water partition coefficient (Wildman–Crippen LogP) is 4.17. The zero-order valence-corrected chi connectivity index (χ0v) is 16.5. The summed E-state index contributed by atoms with van der Waals surface area (Å²) in [5.41, 5.74) is 1.47. The number of aromatic nitrogens is 3. The van der Waals surface area contributed by atoms with Crippen molar-refractivity contribution in [3.05, 3.63) is 51.8 Å². The molecule has 0 atom stereocenters. The van der Waals surface area contributed by atoms with Crippen molar-refractivity contribution in [2.24, 2.45) is 5.10 Å². The molecular formula is C18H17ClN4O3S. The molecule has 0 bridgehead atoms. The first-order chi connectivity index (χ1) is 13.1. The van der Waals surface area contributed by atoms with E-state index in [1.807, 2.05) is 18.2 Å². The lowest BCUT2D eigenvalue weighted by atomic mass is 10.2. The Labute approximate surface area is 166 Å². The third kappa shape index (κ3) is 3.81. The van der Waals surface area contributed by atoms with Gasteiger partial charge in [0.25, 0.3) is 0 Å². The highest BCUT2D eigenvalue weighted by atomic mass is 35.5. The maximum absolute atomic E-state index is 6.07. The molecule has 0 amide bonds. The van der Waals surface area contributed by atoms with Crippen LogP contribution in [-0.2, 0) is 0 Å². The number of H-pyrrole nitrogens is 1. The molecule has 27 heavy (non-hydrogen) atoms. The lowest BCUT2D eigenvalue weighted by Gasteiger charge is -2.13. The van der Waals surface area contributed by atoms with Gasteiger partial charge in [-0.2, -0.15) is 14.9 Å². The second-order valence-electron chi connectivity index (χ2n) is 5.34. The largest absolute Gasteiger partial charge is 0.493 e. The highest BCUT2D eigenvalue weighted by molar-refractivity contribution is 7.71. The molecule has 0 unspecified atom stereocenters. The number of nitrogens with zero attached hydrogens (tertiary/aromatic N) is 3. The van der Waals surface area contributed by atoms with Gasteiger partial charge in [-0.1, -0.05) is 23.7 Å². The molecule has 0 saturated heterocycles. The number of halogens is 1. The molecule has 7 nitrogen and oxygen atoms in total. The van der Waals surface area contributed by atoms with E-state index in [1.54, 1.807) is 45.7 Å². The van der Waals surface area contributed by atoms with Crippen molar-refractivity contribution < 1.29 is 14.2 Å². The first kappa shape index (κ1) is 18.9. The second kappa shape index (κ2) is 8.24. The molecule has 1 aromatic heterocycles. The van der Waals surface area contributed by atoms with Gasteiger partial charge >= 0.3 is 0 Å². The predicted molar refractivity (Wildman–Crippen MR) is 107 cm³/mol. The number of hydrogen-bond donors (Lipinski definition) is 1. The van der Waals surface area contributed by atoms with E-state index in [1.165, 1.54) is 4.68 Å². The summed E-state index contributed by atoms with van der Waals surface area (Å²) in [6, 6.07) is 10.9. The number of nitrogens with one attached hydrogen (secondary N) is 1. The number of ether oxygens (including phenoxy) is 3. The standard InChI is InChI=1S/C18H17ClN4O3S/c1-24-14-8-7-12(15(25-2)16(14)26-3)10-20-23-17(21-22-18(23)27)11-5-4-6-13(19)9-11/h4-10H,1-3H3,(H,22,27)/b20-10-. The Hall–Kier alpha value is -2.84. The van der Waals surface area contributed by atoms with Crippen molar-refractivity contribution >= 4 is 30.0 Å². The van der Waals surface area contributed by atoms with Crippen LogP contribution in [0.1, 0.15) is 5.56 Å². The molecule has 0 radical (unpaired) electrons. The fraction of sp³-hybridized carbons (Fsp3) is 0.167. The molecule has 0 aliphatic carbocycles. The van der Waals surface area contributed by atoms with E-state index in [4.69, 9.17) is 38.0 Å². The van der Waals surface area contributed by atoms with Crippen molar-refractivity contribution in [2.45, 2.75) is 0 Å². The zero-order valence-electron chi connectivity index (χ0n) is 14.9. The van der Waals surface area contributed by atoms with Crippen LogP contribution < -0.4 is 14.2 Å². The van der Waals surface area contributed by atoms with Crippen molar-refractivity contribution in [1.82, 2.24) is 14.9 Å². The van der Waals surface area contributed by atoms with E-state index in [9.17, 15) is 0 Å². The summed E-state index contributed by atoms with van der Waals surface area (Å²) >= 11 is 11.4. The number of methoxy groups -OCH3 is 3. The van der Waals surface area contributed by atoms with E-state index >= 15 is 0 Å². The van der Waals surface area contributed by atoms with Crippen LogP contribution in [0.4, 0.5) is 0 Å². The van der Waals surface area contributed by atoms with Gasteiger partial charge < -0.3 is 14.2 Å². The van der Waals surface area contributed by atoms with Crippen LogP contribution in [0.15, 0.2) is 41.5 Å². The van der Waals surface area contributed by atoms with Gasteiger partial charge in [0.2, 0.25) is 10.5 Å². The van der Waals surface area contributed by atoms with Crippen molar-refractivity contribution in [3.8, 4) is 28.6 Å². The number of benzene rings is 2. The third-order valence-electron chi connectivity index (χ3n) is 3.78. The molecule has 0 fully saturated rings. The van der Waals surface area contributed by atoms with Crippen LogP contribution in [0, 0.1) is 4.77 Å². The molecule has 3 aromatic rings. The maximum atomic E-state index is 6.07. The van der Waals surface area contributed by atoms with Gasteiger partial charge in [-0.15, -0.1) is 0 Å². The molecule has 0 aliphatic rings. The van der Waals surface area contributed by atoms with Gasteiger partial charge in [-0.3, -0.25) is 0 Å². The molecule has 140 valence electrons. The van der Waals surface area contributed by atoms with Gasteiger partial charge in [0.15, 0.2) is 17.3 Å². The van der Waals surface area contributed by atoms with E-state index in [2.05, 4.69) is 15.3 Å². The van der Waals surface area contributed by atoms with Crippen LogP contribution in [-0.4, -0.2) is 42.4 Å². The van der Waals surface area contributed by atoms with Crippen molar-refractivity contribution in [3.63, 3.8) is 0 Å². The molecule has 1 heterocycles. The Bertz CT molecular complexity index is 1050. The van der Waals surface area contributed by atoms with Crippen LogP contribution in [0.5, 0.6) is 17.2 Å². The molecule has 9 heteroatoms. The van der Waals surface area contributed by atoms with Gasteiger partial charge in [0.1, 0.15) is 0 Å². The minimum atomic E-state index is 0.348. The van der Waals surface area contributed by atoms with Gasteiger partial charge in [-0.25, -0.2) is 5.10 Å². The summed E-state index contributed by atoms with van der Waals surface area (Å²) in [5.74, 6) is 2.08. The zero-order chi connectivity index (χ0) is 19.4. The monoisotopic (exact) mass is 404 g/mol. The number of aromatic amines is 1. The highest BCUT2D eigenvalue weighted by Gasteiger charge is 2.15. The van der Waals surface area contributed by atoms with Crippen LogP contribution in [0.3, 0.4) is 0 Å². The fourth-order valence-electron chi connectivity index (χ4n) is 2.56. The quantitative estimate of drug-likeness (QED) is 0.493. The van der Waals surface area contributed by atoms with Gasteiger partial charge in [0.05, 0.1) is 27.5 Å². The average Bonchev–Trinajstić information content (AvgIpc) is 3.05. The molecule has 3 rings (SSSR count). The first-order valence-corrected chi connectivity index (χ1v) is 8.64. The van der Waals surface area contributed by atoms with Crippen LogP contribution in [0.25, 0.3) is 11.4 Å². The molecule has 0 aliphatic heterocycles. The summed E-state index contributed by atoms with van der Waals surface area (Å²) in [4.78, 5) is 0. The Morgan fingerprint density at radius 2 is 1.89 bits per heavy atom. The Kier molecular flexibility index (Phi) is 5.78. The average molecular weight is 405 g/mol. The smallest absolute Gasteiger partial charge is 0.216 e. The molecule has 0 saturated carbocycles. The Balaban J connectivity index is 2.06. The van der Waals surface area contributed by atoms with Crippen LogP contribution >= 0.6 is 23.8 Å². The first-order valence-electron chi connectivity index (χ1n) is 7.85. The molecule has 2 aromatic carbocycles. The third-order valence-corrected chi connectivity index (χ3v) is 4.28. The fourth-order valence-corrected chi connectivity index (χ4v) is 2.93. The summed E-state index contributed by atoms with van der Waals surface area (Å²) < 4.78 is 18.0. The van der Waals surface area contributed by atoms with Crippen molar-refractivity contribution in [1.29, 1.82) is 0 Å². The lowest BCUT2D eigenvalue weighted by molar-refractivity contribution is 0.324. The van der Waals surface area contributed by atoms with E-state index < -0.39 is 0 Å². The summed E-state index contributed by atoms with van der Waals surface area (Å²) in [6.45, 7) is 0. The van der Waals surface area contributed by atoms with Crippen LogP contribution in [0.2, 0.25) is 5.02 Å². The number of hydrogen-bond acceptors (Lipinski definition) is 6. The summed E-state index contributed by atoms with van der Waals surface area (Å²) in [6.07, 6.45) is 1.61. The Morgan fingerprint density at radius 3 is 2.56 bits per heavy atom. The minimum absolute atomic E-state index is 0.348. The topological polar surface area (TPSA) is 73.7 Å². The van der Waals surface area contributed by atoms with E-state index in [-0.39, 0.29) is 0 Å².